The number of nitrogens with one attached hydrogen (secondary N) is 1. The molecule has 0 amide bonds. The highest BCUT2D eigenvalue weighted by atomic mass is 79.9. The van der Waals surface area contributed by atoms with Crippen LogP contribution < -0.4 is 5.32 Å². The Kier molecular flexibility index (Phi) is 3.80. The summed E-state index contributed by atoms with van der Waals surface area (Å²) >= 11 is 9.39. The zero-order chi connectivity index (χ0) is 14.8. The van der Waals surface area contributed by atoms with Gasteiger partial charge < -0.3 is 5.32 Å². The molecule has 0 aliphatic heterocycles. The summed E-state index contributed by atoms with van der Waals surface area (Å²) in [6.07, 6.45) is 2.87. The maximum atomic E-state index is 5.92. The molecule has 7 nitrogen and oxygen atoms in total. The zero-order valence-corrected chi connectivity index (χ0v) is 13.2. The Bertz CT molecular complexity index is 775. The fraction of sp³-hybridized carbons (Fsp3) is 0.0833. The fourth-order valence-electron chi connectivity index (χ4n) is 1.61. The summed E-state index contributed by atoms with van der Waals surface area (Å²) in [6, 6.07) is 5.84. The SMILES string of the molecule is Cc1ccc(Nc2nc(Cl)nc(-n3cncn3)n2)cc1Br. The second-order valence-corrected chi connectivity index (χ2v) is 5.35. The maximum Gasteiger partial charge on any atom is 0.258 e. The van der Waals surface area contributed by atoms with E-state index in [0.717, 1.165) is 15.7 Å². The molecule has 0 bridgehead atoms. The topological polar surface area (TPSA) is 81.4 Å². The molecule has 0 spiro atoms. The van der Waals surface area contributed by atoms with Crippen LogP contribution in [0.15, 0.2) is 35.3 Å². The molecule has 9 heteroatoms. The average molecular weight is 367 g/mol. The Morgan fingerprint density at radius 3 is 2.81 bits per heavy atom. The summed E-state index contributed by atoms with van der Waals surface area (Å²) in [5.41, 5.74) is 1.97. The van der Waals surface area contributed by atoms with Gasteiger partial charge in [0.1, 0.15) is 12.7 Å². The normalized spacial score (nSPS) is 10.6. The minimum absolute atomic E-state index is 0.0733. The number of nitrogens with zero attached hydrogens (tertiary/aromatic N) is 6. The minimum Gasteiger partial charge on any atom is -0.324 e. The summed E-state index contributed by atoms with van der Waals surface area (Å²) < 4.78 is 2.40. The number of anilines is 2. The molecular formula is C12H9BrClN7. The van der Waals surface area contributed by atoms with Gasteiger partial charge in [-0.05, 0) is 36.2 Å². The molecule has 1 aromatic carbocycles. The maximum absolute atomic E-state index is 5.92. The molecule has 2 aromatic heterocycles. The van der Waals surface area contributed by atoms with E-state index >= 15 is 0 Å². The van der Waals surface area contributed by atoms with Crippen molar-refractivity contribution in [3.63, 3.8) is 0 Å². The van der Waals surface area contributed by atoms with Gasteiger partial charge in [-0.15, -0.1) is 0 Å². The van der Waals surface area contributed by atoms with Gasteiger partial charge in [-0.3, -0.25) is 0 Å². The van der Waals surface area contributed by atoms with Crippen LogP contribution in [0.25, 0.3) is 5.95 Å². The van der Waals surface area contributed by atoms with E-state index in [1.54, 1.807) is 0 Å². The third kappa shape index (κ3) is 3.17. The monoisotopic (exact) mass is 365 g/mol. The van der Waals surface area contributed by atoms with E-state index in [0.29, 0.717) is 11.9 Å². The van der Waals surface area contributed by atoms with E-state index in [2.05, 4.69) is 46.3 Å². The lowest BCUT2D eigenvalue weighted by molar-refractivity contribution is 0.796. The number of rotatable bonds is 3. The van der Waals surface area contributed by atoms with Gasteiger partial charge in [0.05, 0.1) is 0 Å². The van der Waals surface area contributed by atoms with Gasteiger partial charge in [0, 0.05) is 10.2 Å². The van der Waals surface area contributed by atoms with Gasteiger partial charge in [-0.2, -0.15) is 24.7 Å². The fourth-order valence-corrected chi connectivity index (χ4v) is 2.14. The quantitative estimate of drug-likeness (QED) is 0.767. The number of hydrogen-bond donors (Lipinski definition) is 1. The number of benzene rings is 1. The molecule has 21 heavy (non-hydrogen) atoms. The van der Waals surface area contributed by atoms with Crippen molar-refractivity contribution in [2.75, 3.05) is 5.32 Å². The first-order chi connectivity index (χ1) is 10.1. The lowest BCUT2D eigenvalue weighted by atomic mass is 10.2. The summed E-state index contributed by atoms with van der Waals surface area (Å²) in [4.78, 5) is 16.1. The highest BCUT2D eigenvalue weighted by molar-refractivity contribution is 9.10. The Labute approximate surface area is 133 Å². The second-order valence-electron chi connectivity index (χ2n) is 4.16. The number of halogens is 2. The first-order valence-electron chi connectivity index (χ1n) is 5.91. The number of hydrogen-bond acceptors (Lipinski definition) is 6. The highest BCUT2D eigenvalue weighted by Gasteiger charge is 2.08. The third-order valence-corrected chi connectivity index (χ3v) is 3.67. The first-order valence-corrected chi connectivity index (χ1v) is 7.09. The molecule has 0 fully saturated rings. The molecule has 0 aliphatic carbocycles. The van der Waals surface area contributed by atoms with Gasteiger partial charge >= 0.3 is 0 Å². The van der Waals surface area contributed by atoms with Crippen molar-refractivity contribution in [3.05, 3.63) is 46.2 Å². The summed E-state index contributed by atoms with van der Waals surface area (Å²) in [5, 5.41) is 7.11. The zero-order valence-electron chi connectivity index (χ0n) is 10.8. The summed E-state index contributed by atoms with van der Waals surface area (Å²) in [5.74, 6) is 0.623. The van der Waals surface area contributed by atoms with Gasteiger partial charge in [0.2, 0.25) is 11.2 Å². The molecule has 106 valence electrons. The lowest BCUT2D eigenvalue weighted by Crippen LogP contribution is -2.07. The van der Waals surface area contributed by atoms with Crippen LogP contribution in [0.2, 0.25) is 5.28 Å². The van der Waals surface area contributed by atoms with Gasteiger partial charge in [-0.25, -0.2) is 4.98 Å². The first kappa shape index (κ1) is 13.9. The molecule has 2 heterocycles. The standard InChI is InChI=1S/C12H9BrClN7/c1-7-2-3-8(4-9(7)13)17-11-18-10(14)19-12(20-11)21-6-15-5-16-21/h2-6H,1H3,(H,17,18,19,20). The smallest absolute Gasteiger partial charge is 0.258 e. The average Bonchev–Trinajstić information content (AvgIpc) is 2.96. The molecule has 3 aromatic rings. The summed E-state index contributed by atoms with van der Waals surface area (Å²) in [6.45, 7) is 2.01. The predicted octanol–water partition coefficient (Wildman–Crippen LogP) is 2.92. The van der Waals surface area contributed by atoms with Crippen molar-refractivity contribution >= 4 is 39.2 Å². The van der Waals surface area contributed by atoms with Crippen molar-refractivity contribution in [3.8, 4) is 5.95 Å². The van der Waals surface area contributed by atoms with Crippen molar-refractivity contribution < 1.29 is 0 Å². The van der Waals surface area contributed by atoms with Crippen LogP contribution in [0.1, 0.15) is 5.56 Å². The summed E-state index contributed by atoms with van der Waals surface area (Å²) in [7, 11) is 0. The Hall–Kier alpha value is -2.06. The van der Waals surface area contributed by atoms with Crippen LogP contribution in [0.3, 0.4) is 0 Å². The van der Waals surface area contributed by atoms with Crippen LogP contribution in [0.4, 0.5) is 11.6 Å². The molecule has 0 saturated heterocycles. The molecule has 0 atom stereocenters. The molecule has 3 rings (SSSR count). The Balaban J connectivity index is 1.93. The molecule has 0 saturated carbocycles. The van der Waals surface area contributed by atoms with E-state index in [1.165, 1.54) is 17.3 Å². The van der Waals surface area contributed by atoms with E-state index in [1.807, 2.05) is 25.1 Å². The van der Waals surface area contributed by atoms with Crippen LogP contribution in [0, 0.1) is 6.92 Å². The van der Waals surface area contributed by atoms with Crippen LogP contribution in [-0.2, 0) is 0 Å². The lowest BCUT2D eigenvalue weighted by Gasteiger charge is -2.08. The third-order valence-electron chi connectivity index (χ3n) is 2.65. The minimum atomic E-state index is 0.0733. The van der Waals surface area contributed by atoms with Gasteiger partial charge in [0.15, 0.2) is 0 Å². The molecule has 0 radical (unpaired) electrons. The van der Waals surface area contributed by atoms with E-state index < -0.39 is 0 Å². The molecular weight excluding hydrogens is 358 g/mol. The van der Waals surface area contributed by atoms with Crippen molar-refractivity contribution in [1.82, 2.24) is 29.7 Å². The predicted molar refractivity (Wildman–Crippen MR) is 81.9 cm³/mol. The second kappa shape index (κ2) is 5.74. The Morgan fingerprint density at radius 1 is 1.24 bits per heavy atom. The molecule has 0 unspecified atom stereocenters. The number of aromatic nitrogens is 6. The van der Waals surface area contributed by atoms with Crippen LogP contribution in [-0.4, -0.2) is 29.7 Å². The number of aryl methyl sites for hydroxylation is 1. The van der Waals surface area contributed by atoms with E-state index in [9.17, 15) is 0 Å². The van der Waals surface area contributed by atoms with E-state index in [-0.39, 0.29) is 5.28 Å². The van der Waals surface area contributed by atoms with Crippen molar-refractivity contribution in [1.29, 1.82) is 0 Å². The van der Waals surface area contributed by atoms with Crippen LogP contribution in [0.5, 0.6) is 0 Å². The van der Waals surface area contributed by atoms with Crippen molar-refractivity contribution in [2.24, 2.45) is 0 Å². The van der Waals surface area contributed by atoms with Gasteiger partial charge in [0.25, 0.3) is 5.95 Å². The molecule has 0 aliphatic rings. The van der Waals surface area contributed by atoms with Gasteiger partial charge in [-0.1, -0.05) is 22.0 Å². The highest BCUT2D eigenvalue weighted by Crippen LogP contribution is 2.22. The van der Waals surface area contributed by atoms with Crippen molar-refractivity contribution in [2.45, 2.75) is 6.92 Å². The van der Waals surface area contributed by atoms with Crippen LogP contribution >= 0.6 is 27.5 Å². The largest absolute Gasteiger partial charge is 0.324 e. The van der Waals surface area contributed by atoms with E-state index in [4.69, 9.17) is 11.6 Å². The Morgan fingerprint density at radius 2 is 2.10 bits per heavy atom. The molecule has 1 N–H and O–H groups in total.